The molecule has 0 spiro atoms. The fraction of sp³-hybridized carbons (Fsp3) is 0.125. The molecular formula is C16H15BrN4. The lowest BCUT2D eigenvalue weighted by molar-refractivity contribution is 0.920. The molecule has 0 bridgehead atoms. The third-order valence-corrected chi connectivity index (χ3v) is 3.77. The minimum atomic E-state index is 0.787. The summed E-state index contributed by atoms with van der Waals surface area (Å²) in [6.45, 7) is 0.787. The molecule has 1 N–H and O–H groups in total. The molecule has 5 heteroatoms. The molecule has 0 radical (unpaired) electrons. The van der Waals surface area contributed by atoms with Gasteiger partial charge >= 0.3 is 0 Å². The number of aryl methyl sites for hydroxylation is 1. The van der Waals surface area contributed by atoms with Crippen molar-refractivity contribution < 1.29 is 0 Å². The average molecular weight is 343 g/mol. The van der Waals surface area contributed by atoms with E-state index < -0.39 is 0 Å². The summed E-state index contributed by atoms with van der Waals surface area (Å²) in [5.41, 5.74) is 3.36. The lowest BCUT2D eigenvalue weighted by Gasteiger charge is -2.08. The van der Waals surface area contributed by atoms with Crippen molar-refractivity contribution in [2.24, 2.45) is 7.05 Å². The van der Waals surface area contributed by atoms with Crippen molar-refractivity contribution in [3.05, 3.63) is 64.9 Å². The summed E-state index contributed by atoms with van der Waals surface area (Å²) < 4.78 is 3.00. The second-order valence-electron chi connectivity index (χ2n) is 4.83. The summed E-state index contributed by atoms with van der Waals surface area (Å²) in [4.78, 5) is 0. The predicted molar refractivity (Wildman–Crippen MR) is 87.9 cm³/mol. The highest BCUT2D eigenvalue weighted by atomic mass is 79.9. The summed E-state index contributed by atoms with van der Waals surface area (Å²) in [6.07, 6.45) is 1.71. The largest absolute Gasteiger partial charge is 0.381 e. The maximum absolute atomic E-state index is 4.14. The van der Waals surface area contributed by atoms with Gasteiger partial charge in [0.1, 0.15) is 6.33 Å². The van der Waals surface area contributed by atoms with Crippen LogP contribution in [0.25, 0.3) is 11.4 Å². The van der Waals surface area contributed by atoms with Crippen molar-refractivity contribution in [2.75, 3.05) is 5.32 Å². The lowest BCUT2D eigenvalue weighted by atomic mass is 10.1. The molecule has 0 aliphatic rings. The average Bonchev–Trinajstić information content (AvgIpc) is 2.93. The van der Waals surface area contributed by atoms with Gasteiger partial charge in [0.15, 0.2) is 5.82 Å². The molecule has 21 heavy (non-hydrogen) atoms. The van der Waals surface area contributed by atoms with Gasteiger partial charge in [-0.05, 0) is 29.8 Å². The van der Waals surface area contributed by atoms with E-state index in [4.69, 9.17) is 0 Å². The summed E-state index contributed by atoms with van der Waals surface area (Å²) in [6, 6.07) is 16.5. The smallest absolute Gasteiger partial charge is 0.163 e. The SMILES string of the molecule is Cn1cnnc1-c1cccc(NCc2ccc(Br)cc2)c1. The van der Waals surface area contributed by atoms with Gasteiger partial charge in [0.2, 0.25) is 0 Å². The molecule has 3 rings (SSSR count). The van der Waals surface area contributed by atoms with Crippen molar-refractivity contribution in [2.45, 2.75) is 6.54 Å². The van der Waals surface area contributed by atoms with Gasteiger partial charge in [0.25, 0.3) is 0 Å². The summed E-state index contributed by atoms with van der Waals surface area (Å²) in [5, 5.41) is 11.5. The summed E-state index contributed by atoms with van der Waals surface area (Å²) >= 11 is 3.44. The lowest BCUT2D eigenvalue weighted by Crippen LogP contribution is -1.99. The first kappa shape index (κ1) is 13.8. The molecule has 0 unspecified atom stereocenters. The zero-order chi connectivity index (χ0) is 14.7. The van der Waals surface area contributed by atoms with E-state index in [1.807, 2.05) is 35.9 Å². The Hall–Kier alpha value is -2.14. The predicted octanol–water partition coefficient (Wildman–Crippen LogP) is 3.86. The Morgan fingerprint density at radius 3 is 2.67 bits per heavy atom. The Morgan fingerprint density at radius 1 is 1.14 bits per heavy atom. The molecule has 0 fully saturated rings. The van der Waals surface area contributed by atoms with Crippen LogP contribution in [0.2, 0.25) is 0 Å². The molecule has 0 saturated carbocycles. The number of benzene rings is 2. The van der Waals surface area contributed by atoms with Crippen molar-refractivity contribution >= 4 is 21.6 Å². The van der Waals surface area contributed by atoms with Crippen LogP contribution in [-0.2, 0) is 13.6 Å². The minimum Gasteiger partial charge on any atom is -0.381 e. The van der Waals surface area contributed by atoms with E-state index in [2.05, 4.69) is 55.7 Å². The van der Waals surface area contributed by atoms with Gasteiger partial charge in [0, 0.05) is 29.3 Å². The zero-order valence-electron chi connectivity index (χ0n) is 11.6. The van der Waals surface area contributed by atoms with Gasteiger partial charge in [-0.25, -0.2) is 0 Å². The number of nitrogens with zero attached hydrogens (tertiary/aromatic N) is 3. The van der Waals surface area contributed by atoms with Gasteiger partial charge in [-0.2, -0.15) is 0 Å². The normalized spacial score (nSPS) is 10.6. The summed E-state index contributed by atoms with van der Waals surface area (Å²) in [5.74, 6) is 0.863. The number of hydrogen-bond donors (Lipinski definition) is 1. The second kappa shape index (κ2) is 6.10. The van der Waals surface area contributed by atoms with Crippen LogP contribution in [0.3, 0.4) is 0 Å². The van der Waals surface area contributed by atoms with Crippen molar-refractivity contribution in [3.63, 3.8) is 0 Å². The van der Waals surface area contributed by atoms with Crippen LogP contribution < -0.4 is 5.32 Å². The highest BCUT2D eigenvalue weighted by molar-refractivity contribution is 9.10. The van der Waals surface area contributed by atoms with E-state index in [1.54, 1.807) is 6.33 Å². The van der Waals surface area contributed by atoms with Crippen molar-refractivity contribution in [1.82, 2.24) is 14.8 Å². The van der Waals surface area contributed by atoms with Crippen LogP contribution in [-0.4, -0.2) is 14.8 Å². The molecule has 0 aliphatic carbocycles. The Morgan fingerprint density at radius 2 is 1.95 bits per heavy atom. The van der Waals surface area contributed by atoms with Crippen molar-refractivity contribution in [1.29, 1.82) is 0 Å². The van der Waals surface area contributed by atoms with Crippen LogP contribution in [0, 0.1) is 0 Å². The van der Waals surface area contributed by atoms with Crippen molar-refractivity contribution in [3.8, 4) is 11.4 Å². The maximum atomic E-state index is 4.14. The first-order valence-corrected chi connectivity index (χ1v) is 7.44. The Kier molecular flexibility index (Phi) is 4.01. The number of halogens is 1. The summed E-state index contributed by atoms with van der Waals surface area (Å²) in [7, 11) is 1.94. The van der Waals surface area contributed by atoms with E-state index in [-0.39, 0.29) is 0 Å². The fourth-order valence-corrected chi connectivity index (χ4v) is 2.38. The highest BCUT2D eigenvalue weighted by Gasteiger charge is 2.05. The Labute approximate surface area is 132 Å². The first-order chi connectivity index (χ1) is 10.2. The topological polar surface area (TPSA) is 42.7 Å². The van der Waals surface area contributed by atoms with Crippen LogP contribution in [0.15, 0.2) is 59.3 Å². The molecule has 1 heterocycles. The molecular weight excluding hydrogens is 328 g/mol. The standard InChI is InChI=1S/C16H15BrN4/c1-21-11-19-20-16(21)13-3-2-4-15(9-13)18-10-12-5-7-14(17)8-6-12/h2-9,11,18H,10H2,1H3. The van der Waals surface area contributed by atoms with Gasteiger partial charge in [0.05, 0.1) is 0 Å². The number of nitrogens with one attached hydrogen (secondary N) is 1. The zero-order valence-corrected chi connectivity index (χ0v) is 13.2. The minimum absolute atomic E-state index is 0.787. The highest BCUT2D eigenvalue weighted by Crippen LogP contribution is 2.20. The van der Waals surface area contributed by atoms with Crippen LogP contribution >= 0.6 is 15.9 Å². The van der Waals surface area contributed by atoms with Gasteiger partial charge in [-0.15, -0.1) is 10.2 Å². The van der Waals surface area contributed by atoms with Crippen LogP contribution in [0.1, 0.15) is 5.56 Å². The molecule has 0 saturated heterocycles. The van der Waals surface area contributed by atoms with Gasteiger partial charge in [-0.1, -0.05) is 40.2 Å². The molecule has 0 aliphatic heterocycles. The molecule has 3 aromatic rings. The van der Waals surface area contributed by atoms with E-state index >= 15 is 0 Å². The third kappa shape index (κ3) is 3.31. The van der Waals surface area contributed by atoms with E-state index in [9.17, 15) is 0 Å². The number of hydrogen-bond acceptors (Lipinski definition) is 3. The van der Waals surface area contributed by atoms with Crippen LogP contribution in [0.4, 0.5) is 5.69 Å². The molecule has 4 nitrogen and oxygen atoms in total. The van der Waals surface area contributed by atoms with Gasteiger partial charge in [-0.3, -0.25) is 0 Å². The van der Waals surface area contributed by atoms with E-state index in [1.165, 1.54) is 5.56 Å². The Bertz CT molecular complexity index is 734. The Balaban J connectivity index is 1.74. The fourth-order valence-electron chi connectivity index (χ4n) is 2.12. The number of aromatic nitrogens is 3. The van der Waals surface area contributed by atoms with Gasteiger partial charge < -0.3 is 9.88 Å². The number of anilines is 1. The molecule has 2 aromatic carbocycles. The number of rotatable bonds is 4. The molecule has 106 valence electrons. The first-order valence-electron chi connectivity index (χ1n) is 6.65. The van der Waals surface area contributed by atoms with E-state index in [0.717, 1.165) is 28.1 Å². The quantitative estimate of drug-likeness (QED) is 0.782. The molecule has 0 amide bonds. The molecule has 1 aromatic heterocycles. The second-order valence-corrected chi connectivity index (χ2v) is 5.74. The monoisotopic (exact) mass is 342 g/mol. The maximum Gasteiger partial charge on any atom is 0.163 e. The molecule has 0 atom stereocenters. The third-order valence-electron chi connectivity index (χ3n) is 3.24. The van der Waals surface area contributed by atoms with E-state index in [0.29, 0.717) is 0 Å². The van der Waals surface area contributed by atoms with Crippen LogP contribution in [0.5, 0.6) is 0 Å².